The van der Waals surface area contributed by atoms with Gasteiger partial charge in [-0.25, -0.2) is 9.98 Å². The number of hydrogen-bond donors (Lipinski definition) is 1. The number of rotatable bonds is 3. The highest BCUT2D eigenvalue weighted by atomic mass is 80.0. The summed E-state index contributed by atoms with van der Waals surface area (Å²) in [7, 11) is 1.60. The van der Waals surface area contributed by atoms with E-state index in [1.165, 1.54) is 0 Å². The zero-order chi connectivity index (χ0) is 17.3. The van der Waals surface area contributed by atoms with Crippen molar-refractivity contribution < 1.29 is 9.15 Å². The van der Waals surface area contributed by atoms with Crippen molar-refractivity contribution in [2.75, 3.05) is 7.11 Å². The molecule has 5 nitrogen and oxygen atoms in total. The second kappa shape index (κ2) is 8.03. The van der Waals surface area contributed by atoms with Gasteiger partial charge in [0, 0.05) is 12.5 Å². The van der Waals surface area contributed by atoms with E-state index in [0.717, 1.165) is 5.76 Å². The predicted molar refractivity (Wildman–Crippen MR) is 114 cm³/mol. The molecule has 0 saturated carbocycles. The molecule has 2 heterocycles. The topological polar surface area (TPSA) is 59.1 Å². The predicted octanol–water partition coefficient (Wildman–Crippen LogP) is 5.75. The fourth-order valence-electron chi connectivity index (χ4n) is 1.55. The summed E-state index contributed by atoms with van der Waals surface area (Å²) in [6, 6.07) is 1.83. The maximum atomic E-state index is 5.40. The first-order valence-electron chi connectivity index (χ1n) is 6.00. The fraction of sp³-hybridized carbons (Fsp3) is 0.333. The molecule has 126 valence electrons. The molecule has 0 atom stereocenters. The Morgan fingerprint density at radius 1 is 1.17 bits per heavy atom. The lowest BCUT2D eigenvalue weighted by atomic mass is 10.3. The average Bonchev–Trinajstić information content (AvgIpc) is 2.91. The van der Waals surface area contributed by atoms with Crippen LogP contribution in [-0.4, -0.2) is 23.1 Å². The van der Waals surface area contributed by atoms with Gasteiger partial charge in [0.15, 0.2) is 15.9 Å². The molecule has 1 N–H and O–H groups in total. The number of allylic oxidation sites excluding steroid dienone is 1. The van der Waals surface area contributed by atoms with Gasteiger partial charge in [-0.2, -0.15) is 0 Å². The van der Waals surface area contributed by atoms with Crippen molar-refractivity contribution in [3.05, 3.63) is 30.0 Å². The van der Waals surface area contributed by atoms with Gasteiger partial charge < -0.3 is 14.5 Å². The van der Waals surface area contributed by atoms with E-state index in [0.29, 0.717) is 29.7 Å². The molecule has 1 aromatic rings. The van der Waals surface area contributed by atoms with Gasteiger partial charge in [0.05, 0.1) is 7.11 Å². The largest absolute Gasteiger partial charge is 0.493 e. The van der Waals surface area contributed by atoms with Gasteiger partial charge in [-0.3, -0.25) is 0 Å². The molecule has 0 saturated heterocycles. The first kappa shape index (κ1) is 20.2. The quantitative estimate of drug-likeness (QED) is 0.408. The SMILES string of the molecule is COc1coc(C/C=C2/N=C(C(Br)(Br)Br)N=C(C(Br)(Br)Br)N2)c1. The Morgan fingerprint density at radius 3 is 2.39 bits per heavy atom. The number of furan rings is 1. The third-order valence-corrected chi connectivity index (χ3v) is 4.77. The first-order chi connectivity index (χ1) is 10.6. The minimum atomic E-state index is -0.731. The van der Waals surface area contributed by atoms with Crippen LogP contribution in [0.3, 0.4) is 0 Å². The Bertz CT molecular complexity index is 669. The lowest BCUT2D eigenvalue weighted by molar-refractivity contribution is 0.405. The van der Waals surface area contributed by atoms with E-state index in [-0.39, 0.29) is 0 Å². The van der Waals surface area contributed by atoms with Crippen LogP contribution in [0.15, 0.2) is 38.6 Å². The summed E-state index contributed by atoms with van der Waals surface area (Å²) >= 11 is 20.6. The number of aliphatic imine (C=N–C) groups is 2. The zero-order valence-electron chi connectivity index (χ0n) is 11.4. The molecule has 1 aliphatic heterocycles. The molecule has 0 spiro atoms. The minimum absolute atomic E-state index is 0.497. The number of nitrogens with one attached hydrogen (secondary N) is 1. The lowest BCUT2D eigenvalue weighted by Crippen LogP contribution is -2.38. The normalized spacial score (nSPS) is 17.6. The number of nitrogens with zero attached hydrogens (tertiary/aromatic N) is 2. The van der Waals surface area contributed by atoms with Gasteiger partial charge >= 0.3 is 0 Å². The summed E-state index contributed by atoms with van der Waals surface area (Å²) in [5, 5.41) is 3.13. The van der Waals surface area contributed by atoms with Gasteiger partial charge in [-0.1, -0.05) is 95.6 Å². The minimum Gasteiger partial charge on any atom is -0.493 e. The van der Waals surface area contributed by atoms with E-state index in [2.05, 4.69) is 111 Å². The molecule has 0 aromatic carbocycles. The third-order valence-electron chi connectivity index (χ3n) is 2.57. The van der Waals surface area contributed by atoms with Crippen molar-refractivity contribution in [2.24, 2.45) is 9.98 Å². The van der Waals surface area contributed by atoms with Crippen LogP contribution in [0.4, 0.5) is 0 Å². The Labute approximate surface area is 183 Å². The fourth-order valence-corrected chi connectivity index (χ4v) is 2.65. The van der Waals surface area contributed by atoms with Crippen LogP contribution in [0.1, 0.15) is 5.76 Å². The zero-order valence-corrected chi connectivity index (χ0v) is 20.9. The molecule has 2 rings (SSSR count). The number of methoxy groups -OCH3 is 1. The molecule has 1 aliphatic rings. The number of ether oxygens (including phenoxy) is 1. The van der Waals surface area contributed by atoms with E-state index in [4.69, 9.17) is 9.15 Å². The van der Waals surface area contributed by atoms with Crippen molar-refractivity contribution in [3.63, 3.8) is 0 Å². The van der Waals surface area contributed by atoms with Crippen molar-refractivity contribution in [2.45, 2.75) is 10.7 Å². The highest BCUT2D eigenvalue weighted by Gasteiger charge is 2.34. The van der Waals surface area contributed by atoms with Gasteiger partial charge in [0.25, 0.3) is 0 Å². The summed E-state index contributed by atoms with van der Waals surface area (Å²) in [5.74, 6) is 3.17. The summed E-state index contributed by atoms with van der Waals surface area (Å²) in [5.41, 5.74) is 0. The van der Waals surface area contributed by atoms with Crippen LogP contribution in [0.5, 0.6) is 5.75 Å². The average molecular weight is 707 g/mol. The molecule has 0 radical (unpaired) electrons. The molecule has 0 aliphatic carbocycles. The monoisotopic (exact) mass is 701 g/mol. The number of amidine groups is 2. The van der Waals surface area contributed by atoms with Crippen molar-refractivity contribution in [3.8, 4) is 5.75 Å². The van der Waals surface area contributed by atoms with Crippen LogP contribution in [0, 0.1) is 0 Å². The van der Waals surface area contributed by atoms with E-state index in [9.17, 15) is 0 Å². The first-order valence-corrected chi connectivity index (χ1v) is 10.8. The van der Waals surface area contributed by atoms with E-state index < -0.39 is 4.29 Å². The van der Waals surface area contributed by atoms with Gasteiger partial charge in [0.1, 0.15) is 23.7 Å². The van der Waals surface area contributed by atoms with Crippen LogP contribution in [0.25, 0.3) is 0 Å². The molecule has 0 bridgehead atoms. The Balaban J connectivity index is 2.26. The molecular weight excluding hydrogens is 698 g/mol. The molecule has 0 unspecified atom stereocenters. The highest BCUT2D eigenvalue weighted by Crippen LogP contribution is 2.40. The maximum absolute atomic E-state index is 5.40. The highest BCUT2D eigenvalue weighted by molar-refractivity contribution is 9.40. The Hall–Kier alpha value is 0.840. The molecule has 23 heavy (non-hydrogen) atoms. The summed E-state index contributed by atoms with van der Waals surface area (Å²) < 4.78 is 9.07. The number of hydrogen-bond acceptors (Lipinski definition) is 5. The van der Waals surface area contributed by atoms with Crippen molar-refractivity contribution >= 4 is 107 Å². The van der Waals surface area contributed by atoms with E-state index in [1.54, 1.807) is 13.4 Å². The lowest BCUT2D eigenvalue weighted by Gasteiger charge is -2.24. The molecule has 0 fully saturated rings. The maximum Gasteiger partial charge on any atom is 0.194 e. The summed E-state index contributed by atoms with van der Waals surface area (Å²) in [4.78, 5) is 8.90. The Morgan fingerprint density at radius 2 is 1.87 bits per heavy atom. The van der Waals surface area contributed by atoms with Crippen molar-refractivity contribution in [1.82, 2.24) is 5.32 Å². The van der Waals surface area contributed by atoms with Gasteiger partial charge in [-0.15, -0.1) is 0 Å². The summed E-state index contributed by atoms with van der Waals surface area (Å²) in [6.07, 6.45) is 4.00. The second-order valence-corrected chi connectivity index (χ2v) is 17.8. The number of alkyl halides is 6. The summed E-state index contributed by atoms with van der Waals surface area (Å²) in [6.45, 7) is 0. The standard InChI is InChI=1S/C12H9Br6N3O2/c1-22-7-4-6(23-5-7)2-3-8-19-9(11(13,14)15)21-10(20-8)12(16,17)18/h3-5H,2H2,1H3,(H,19,20,21). The third kappa shape index (κ3) is 5.95. The van der Waals surface area contributed by atoms with Gasteiger partial charge in [0.2, 0.25) is 0 Å². The van der Waals surface area contributed by atoms with Crippen LogP contribution >= 0.6 is 95.6 Å². The smallest absolute Gasteiger partial charge is 0.194 e. The number of halogens is 6. The molecule has 11 heteroatoms. The van der Waals surface area contributed by atoms with Gasteiger partial charge in [-0.05, 0) is 6.08 Å². The molecule has 0 amide bonds. The molecular formula is C12H9Br6N3O2. The van der Waals surface area contributed by atoms with E-state index >= 15 is 0 Å². The van der Waals surface area contributed by atoms with Crippen LogP contribution < -0.4 is 10.1 Å². The molecule has 1 aromatic heterocycles. The van der Waals surface area contributed by atoms with E-state index in [1.807, 2.05) is 12.1 Å². The van der Waals surface area contributed by atoms with Crippen LogP contribution in [0.2, 0.25) is 0 Å². The second-order valence-electron chi connectivity index (χ2n) is 4.26. The van der Waals surface area contributed by atoms with Crippen LogP contribution in [-0.2, 0) is 6.42 Å². The van der Waals surface area contributed by atoms with Crippen molar-refractivity contribution in [1.29, 1.82) is 0 Å². The Kier molecular flexibility index (Phi) is 7.03.